The highest BCUT2D eigenvalue weighted by Gasteiger charge is 2.26. The Morgan fingerprint density at radius 2 is 2.25 bits per heavy atom. The van der Waals surface area contributed by atoms with Crippen molar-refractivity contribution in [3.63, 3.8) is 0 Å². The van der Waals surface area contributed by atoms with E-state index in [2.05, 4.69) is 5.32 Å². The molecule has 90 valence electrons. The maximum Gasteiger partial charge on any atom is 0.329 e. The van der Waals surface area contributed by atoms with Gasteiger partial charge in [-0.15, -0.1) is 11.3 Å². The van der Waals surface area contributed by atoms with E-state index in [1.54, 1.807) is 11.3 Å². The minimum atomic E-state index is -0.442. The third-order valence-corrected chi connectivity index (χ3v) is 2.82. The number of thiophene rings is 1. The van der Waals surface area contributed by atoms with Crippen molar-refractivity contribution in [3.8, 4) is 0 Å². The molecule has 0 saturated carbocycles. The molecule has 0 spiro atoms. The molecule has 0 saturated heterocycles. The van der Waals surface area contributed by atoms with Gasteiger partial charge in [-0.2, -0.15) is 0 Å². The summed E-state index contributed by atoms with van der Waals surface area (Å²) in [6, 6.07) is 3.54. The first-order valence-corrected chi connectivity index (χ1v) is 6.31. The number of likely N-dealkylation sites (N-methyl/N-ethyl adjacent to an activating group) is 1. The van der Waals surface area contributed by atoms with E-state index in [4.69, 9.17) is 4.74 Å². The second-order valence-corrected chi connectivity index (χ2v) is 5.52. The van der Waals surface area contributed by atoms with Crippen LogP contribution in [-0.2, 0) is 9.53 Å². The van der Waals surface area contributed by atoms with Crippen molar-refractivity contribution < 1.29 is 9.53 Å². The van der Waals surface area contributed by atoms with Crippen LogP contribution in [0.3, 0.4) is 0 Å². The Labute approximate surface area is 101 Å². The first-order chi connectivity index (χ1) is 7.44. The highest BCUT2D eigenvalue weighted by Crippen LogP contribution is 2.22. The highest BCUT2D eigenvalue weighted by molar-refractivity contribution is 7.10. The van der Waals surface area contributed by atoms with E-state index in [0.29, 0.717) is 0 Å². The van der Waals surface area contributed by atoms with Crippen LogP contribution in [0.5, 0.6) is 0 Å². The van der Waals surface area contributed by atoms with Crippen LogP contribution in [0.4, 0.5) is 0 Å². The molecule has 0 aliphatic rings. The average Bonchev–Trinajstić information content (AvgIpc) is 2.63. The number of carbonyl (C=O) groups excluding carboxylic acids is 1. The molecule has 1 heterocycles. The smallest absolute Gasteiger partial charge is 0.329 e. The Hall–Kier alpha value is -0.870. The van der Waals surface area contributed by atoms with E-state index in [1.807, 2.05) is 45.2 Å². The Bertz CT molecular complexity index is 327. The predicted octanol–water partition coefficient (Wildman–Crippen LogP) is 2.74. The number of hydrogen-bond donors (Lipinski definition) is 1. The summed E-state index contributed by atoms with van der Waals surface area (Å²) >= 11 is 1.56. The van der Waals surface area contributed by atoms with Gasteiger partial charge in [0, 0.05) is 4.88 Å². The molecule has 0 radical (unpaired) electrons. The molecule has 1 atom stereocenters. The summed E-state index contributed by atoms with van der Waals surface area (Å²) in [6.07, 6.45) is 0. The minimum Gasteiger partial charge on any atom is -0.459 e. The SMILES string of the molecule is CCNC(C(=O)OC(C)(C)C)c1cccs1. The van der Waals surface area contributed by atoms with Crippen LogP contribution >= 0.6 is 11.3 Å². The van der Waals surface area contributed by atoms with E-state index < -0.39 is 5.60 Å². The van der Waals surface area contributed by atoms with Gasteiger partial charge in [0.05, 0.1) is 0 Å². The van der Waals surface area contributed by atoms with Crippen molar-refractivity contribution in [3.05, 3.63) is 22.4 Å². The lowest BCUT2D eigenvalue weighted by atomic mass is 10.2. The third kappa shape index (κ3) is 3.94. The summed E-state index contributed by atoms with van der Waals surface area (Å²) in [4.78, 5) is 13.0. The van der Waals surface area contributed by atoms with Crippen molar-refractivity contribution in [2.45, 2.75) is 39.3 Å². The molecule has 4 heteroatoms. The molecule has 0 aromatic carbocycles. The van der Waals surface area contributed by atoms with Crippen LogP contribution in [0.25, 0.3) is 0 Å². The normalized spacial score (nSPS) is 13.5. The van der Waals surface area contributed by atoms with E-state index in [9.17, 15) is 4.79 Å². The lowest BCUT2D eigenvalue weighted by Gasteiger charge is -2.23. The molecule has 1 N–H and O–H groups in total. The first kappa shape index (κ1) is 13.2. The molecular weight excluding hydrogens is 222 g/mol. The van der Waals surface area contributed by atoms with E-state index in [-0.39, 0.29) is 12.0 Å². The lowest BCUT2D eigenvalue weighted by Crippen LogP contribution is -2.34. The number of rotatable bonds is 4. The molecule has 1 unspecified atom stereocenters. The molecule has 0 aliphatic carbocycles. The van der Waals surface area contributed by atoms with Crippen molar-refractivity contribution >= 4 is 17.3 Å². The quantitative estimate of drug-likeness (QED) is 0.824. The van der Waals surface area contributed by atoms with Crippen molar-refractivity contribution in [1.29, 1.82) is 0 Å². The Kier molecular flexibility index (Phi) is 4.50. The number of esters is 1. The minimum absolute atomic E-state index is 0.211. The van der Waals surface area contributed by atoms with Gasteiger partial charge in [-0.25, -0.2) is 4.79 Å². The van der Waals surface area contributed by atoms with Crippen LogP contribution in [-0.4, -0.2) is 18.1 Å². The fourth-order valence-corrected chi connectivity index (χ4v) is 2.11. The second-order valence-electron chi connectivity index (χ2n) is 4.54. The third-order valence-electron chi connectivity index (χ3n) is 1.88. The van der Waals surface area contributed by atoms with Crippen molar-refractivity contribution in [1.82, 2.24) is 5.32 Å². The summed E-state index contributed by atoms with van der Waals surface area (Å²) in [5, 5.41) is 5.11. The molecule has 1 aromatic heterocycles. The summed E-state index contributed by atoms with van der Waals surface area (Å²) < 4.78 is 5.38. The van der Waals surface area contributed by atoms with Gasteiger partial charge in [-0.05, 0) is 38.8 Å². The highest BCUT2D eigenvalue weighted by atomic mass is 32.1. The zero-order valence-corrected chi connectivity index (χ0v) is 11.1. The zero-order valence-electron chi connectivity index (χ0n) is 10.2. The van der Waals surface area contributed by atoms with Gasteiger partial charge in [0.2, 0.25) is 0 Å². The van der Waals surface area contributed by atoms with Gasteiger partial charge in [0.15, 0.2) is 0 Å². The van der Waals surface area contributed by atoms with Crippen LogP contribution in [0.1, 0.15) is 38.6 Å². The van der Waals surface area contributed by atoms with E-state index >= 15 is 0 Å². The molecule has 1 rings (SSSR count). The maximum atomic E-state index is 12.0. The molecule has 1 aromatic rings. The van der Waals surface area contributed by atoms with E-state index in [1.165, 1.54) is 0 Å². The van der Waals surface area contributed by atoms with Gasteiger partial charge in [-0.1, -0.05) is 13.0 Å². The predicted molar refractivity (Wildman–Crippen MR) is 66.6 cm³/mol. The van der Waals surface area contributed by atoms with E-state index in [0.717, 1.165) is 11.4 Å². The molecule has 0 amide bonds. The fourth-order valence-electron chi connectivity index (χ4n) is 1.32. The molecular formula is C12H19NO2S. The Morgan fingerprint density at radius 1 is 1.56 bits per heavy atom. The van der Waals surface area contributed by atoms with Crippen molar-refractivity contribution in [2.24, 2.45) is 0 Å². The zero-order chi connectivity index (χ0) is 12.2. The molecule has 0 aliphatic heterocycles. The number of hydrogen-bond acceptors (Lipinski definition) is 4. The molecule has 3 nitrogen and oxygen atoms in total. The Morgan fingerprint density at radius 3 is 2.69 bits per heavy atom. The van der Waals surface area contributed by atoms with Crippen LogP contribution in [0.2, 0.25) is 0 Å². The summed E-state index contributed by atoms with van der Waals surface area (Å²) in [7, 11) is 0. The van der Waals surface area contributed by atoms with Gasteiger partial charge < -0.3 is 10.1 Å². The Balaban J connectivity index is 2.75. The van der Waals surface area contributed by atoms with Gasteiger partial charge >= 0.3 is 5.97 Å². The van der Waals surface area contributed by atoms with Crippen LogP contribution in [0.15, 0.2) is 17.5 Å². The van der Waals surface area contributed by atoms with Crippen molar-refractivity contribution in [2.75, 3.05) is 6.54 Å². The monoisotopic (exact) mass is 241 g/mol. The molecule has 0 fully saturated rings. The molecule has 0 bridgehead atoms. The summed E-state index contributed by atoms with van der Waals surface area (Å²) in [5.74, 6) is -0.211. The standard InChI is InChI=1S/C12H19NO2S/c1-5-13-10(9-7-6-8-16-9)11(14)15-12(2,3)4/h6-8,10,13H,5H2,1-4H3. The first-order valence-electron chi connectivity index (χ1n) is 5.43. The number of nitrogens with one attached hydrogen (secondary N) is 1. The topological polar surface area (TPSA) is 38.3 Å². The lowest BCUT2D eigenvalue weighted by molar-refractivity contribution is -0.157. The van der Waals surface area contributed by atoms with Gasteiger partial charge in [0.25, 0.3) is 0 Å². The van der Waals surface area contributed by atoms with Crippen LogP contribution < -0.4 is 5.32 Å². The summed E-state index contributed by atoms with van der Waals surface area (Å²) in [6.45, 7) is 8.35. The van der Waals surface area contributed by atoms with Crippen LogP contribution in [0, 0.1) is 0 Å². The molecule has 16 heavy (non-hydrogen) atoms. The number of carbonyl (C=O) groups is 1. The maximum absolute atomic E-state index is 12.0. The summed E-state index contributed by atoms with van der Waals surface area (Å²) in [5.41, 5.74) is -0.442. The van der Waals surface area contributed by atoms with Gasteiger partial charge in [0.1, 0.15) is 11.6 Å². The number of ether oxygens (including phenoxy) is 1. The fraction of sp³-hybridized carbons (Fsp3) is 0.583. The largest absolute Gasteiger partial charge is 0.459 e. The van der Waals surface area contributed by atoms with Gasteiger partial charge in [-0.3, -0.25) is 0 Å². The second kappa shape index (κ2) is 5.46. The average molecular weight is 241 g/mol.